The van der Waals surface area contributed by atoms with Crippen LogP contribution in [-0.4, -0.2) is 21.2 Å². The SMILES string of the molecule is [C-]#[N+]C(C)(c1cccc(I)c1)c1cnc(-c2cc(Oc3c(F)cc4[nH]ccc4c3SC)ccc2F)[nH]1. The highest BCUT2D eigenvalue weighted by molar-refractivity contribution is 14.1. The summed E-state index contributed by atoms with van der Waals surface area (Å²) >= 11 is 3.57. The van der Waals surface area contributed by atoms with Gasteiger partial charge in [0.1, 0.15) is 23.1 Å². The molecule has 5 aromatic rings. The first-order chi connectivity index (χ1) is 17.3. The molecule has 0 fully saturated rings. The molecule has 2 aromatic heterocycles. The van der Waals surface area contributed by atoms with Gasteiger partial charge >= 0.3 is 0 Å². The Morgan fingerprint density at radius 2 is 1.94 bits per heavy atom. The second kappa shape index (κ2) is 9.59. The van der Waals surface area contributed by atoms with Gasteiger partial charge in [-0.25, -0.2) is 20.3 Å². The second-order valence-electron chi connectivity index (χ2n) is 8.24. The summed E-state index contributed by atoms with van der Waals surface area (Å²) in [5.74, 6) is -0.454. The fraction of sp³-hybridized carbons (Fsp3) is 0.111. The Morgan fingerprint density at radius 3 is 2.69 bits per heavy atom. The van der Waals surface area contributed by atoms with Crippen LogP contribution in [0.4, 0.5) is 8.78 Å². The molecule has 180 valence electrons. The number of nitrogens with one attached hydrogen (secondary N) is 2. The first kappa shape index (κ1) is 24.3. The highest BCUT2D eigenvalue weighted by Gasteiger charge is 2.38. The van der Waals surface area contributed by atoms with Crippen molar-refractivity contribution in [2.75, 3.05) is 6.26 Å². The number of aromatic amines is 2. The third kappa shape index (κ3) is 4.24. The number of imidazole rings is 1. The maximum absolute atomic E-state index is 14.9. The molecule has 36 heavy (non-hydrogen) atoms. The maximum Gasteiger partial charge on any atom is 0.295 e. The zero-order valence-electron chi connectivity index (χ0n) is 19.2. The normalized spacial score (nSPS) is 12.9. The number of hydrogen-bond acceptors (Lipinski definition) is 3. The van der Waals surface area contributed by atoms with Gasteiger partial charge in [-0.3, -0.25) is 4.85 Å². The first-order valence-corrected chi connectivity index (χ1v) is 13.2. The van der Waals surface area contributed by atoms with Crippen molar-refractivity contribution in [3.8, 4) is 22.9 Å². The van der Waals surface area contributed by atoms with E-state index in [1.165, 1.54) is 36.0 Å². The molecule has 0 aliphatic rings. The summed E-state index contributed by atoms with van der Waals surface area (Å²) < 4.78 is 36.7. The van der Waals surface area contributed by atoms with Crippen LogP contribution in [0.1, 0.15) is 18.2 Å². The summed E-state index contributed by atoms with van der Waals surface area (Å²) in [6.07, 6.45) is 5.13. The van der Waals surface area contributed by atoms with Crippen LogP contribution in [0.15, 0.2) is 71.9 Å². The largest absolute Gasteiger partial charge is 0.453 e. The number of thioether (sulfide) groups is 1. The molecule has 0 spiro atoms. The predicted octanol–water partition coefficient (Wildman–Crippen LogP) is 8.14. The number of nitrogens with zero attached hydrogens (tertiary/aromatic N) is 2. The Labute approximate surface area is 224 Å². The Balaban J connectivity index is 1.53. The van der Waals surface area contributed by atoms with Gasteiger partial charge in [-0.15, -0.1) is 11.8 Å². The zero-order chi connectivity index (χ0) is 25.4. The molecule has 2 heterocycles. The summed E-state index contributed by atoms with van der Waals surface area (Å²) in [6, 6.07) is 15.1. The molecule has 5 rings (SSSR count). The van der Waals surface area contributed by atoms with E-state index in [0.717, 1.165) is 14.5 Å². The number of H-pyrrole nitrogens is 2. The average Bonchev–Trinajstić information content (AvgIpc) is 3.55. The van der Waals surface area contributed by atoms with Gasteiger partial charge in [0.25, 0.3) is 5.54 Å². The van der Waals surface area contributed by atoms with E-state index >= 15 is 0 Å². The Hall–Kier alpha value is -3.36. The maximum atomic E-state index is 14.9. The van der Waals surface area contributed by atoms with Crippen LogP contribution < -0.4 is 4.74 Å². The van der Waals surface area contributed by atoms with Crippen molar-refractivity contribution in [1.29, 1.82) is 0 Å². The molecule has 0 saturated heterocycles. The summed E-state index contributed by atoms with van der Waals surface area (Å²) in [7, 11) is 0. The molecule has 0 amide bonds. The van der Waals surface area contributed by atoms with Crippen molar-refractivity contribution in [3.05, 3.63) is 105 Å². The summed E-state index contributed by atoms with van der Waals surface area (Å²) in [5.41, 5.74) is 1.14. The van der Waals surface area contributed by atoms with Crippen LogP contribution in [0.3, 0.4) is 0 Å². The first-order valence-electron chi connectivity index (χ1n) is 10.9. The molecular formula is C27H19F2IN4OS. The van der Waals surface area contributed by atoms with E-state index < -0.39 is 17.2 Å². The van der Waals surface area contributed by atoms with E-state index in [-0.39, 0.29) is 22.9 Å². The molecule has 0 aliphatic heterocycles. The molecule has 0 radical (unpaired) electrons. The molecule has 5 nitrogen and oxygen atoms in total. The Kier molecular flexibility index (Phi) is 6.49. The minimum Gasteiger partial charge on any atom is -0.453 e. The lowest BCUT2D eigenvalue weighted by Crippen LogP contribution is -2.19. The molecular weight excluding hydrogens is 593 g/mol. The van der Waals surface area contributed by atoms with Crippen LogP contribution in [0.25, 0.3) is 27.1 Å². The number of hydrogen-bond donors (Lipinski definition) is 2. The van der Waals surface area contributed by atoms with E-state index in [0.29, 0.717) is 16.1 Å². The molecule has 1 unspecified atom stereocenters. The smallest absolute Gasteiger partial charge is 0.295 e. The van der Waals surface area contributed by atoms with Crippen molar-refractivity contribution >= 4 is 45.3 Å². The topological polar surface area (TPSA) is 58.1 Å². The molecule has 9 heteroatoms. The quantitative estimate of drug-likeness (QED) is 0.116. The van der Waals surface area contributed by atoms with Gasteiger partial charge in [-0.05, 0) is 65.2 Å². The van der Waals surface area contributed by atoms with Gasteiger partial charge in [0, 0.05) is 39.2 Å². The van der Waals surface area contributed by atoms with Crippen molar-refractivity contribution < 1.29 is 13.5 Å². The highest BCUT2D eigenvalue weighted by Crippen LogP contribution is 2.41. The minimum atomic E-state index is -1.03. The molecule has 0 bridgehead atoms. The fourth-order valence-corrected chi connectivity index (χ4v) is 5.33. The highest BCUT2D eigenvalue weighted by atomic mass is 127. The monoisotopic (exact) mass is 612 g/mol. The lowest BCUT2D eigenvalue weighted by molar-refractivity contribution is 0.432. The van der Waals surface area contributed by atoms with Crippen molar-refractivity contribution in [1.82, 2.24) is 15.0 Å². The number of halogens is 3. The fourth-order valence-electron chi connectivity index (χ4n) is 4.06. The van der Waals surface area contributed by atoms with Crippen LogP contribution >= 0.6 is 34.4 Å². The van der Waals surface area contributed by atoms with Crippen LogP contribution in [0.5, 0.6) is 11.5 Å². The lowest BCUT2D eigenvalue weighted by Gasteiger charge is -2.16. The van der Waals surface area contributed by atoms with Crippen LogP contribution in [0, 0.1) is 21.8 Å². The van der Waals surface area contributed by atoms with Crippen LogP contribution in [0.2, 0.25) is 0 Å². The number of aromatic nitrogens is 3. The van der Waals surface area contributed by atoms with Gasteiger partial charge in [0.2, 0.25) is 0 Å². The second-order valence-corrected chi connectivity index (χ2v) is 10.3. The van der Waals surface area contributed by atoms with E-state index in [9.17, 15) is 8.78 Å². The van der Waals surface area contributed by atoms with E-state index in [2.05, 4.69) is 42.4 Å². The third-order valence-electron chi connectivity index (χ3n) is 6.05. The lowest BCUT2D eigenvalue weighted by atomic mass is 9.90. The van der Waals surface area contributed by atoms with Crippen molar-refractivity contribution in [3.63, 3.8) is 0 Å². The number of fused-ring (bicyclic) bond motifs is 1. The zero-order valence-corrected chi connectivity index (χ0v) is 22.2. The van der Waals surface area contributed by atoms with Crippen molar-refractivity contribution in [2.45, 2.75) is 17.4 Å². The van der Waals surface area contributed by atoms with E-state index in [4.69, 9.17) is 11.3 Å². The van der Waals surface area contributed by atoms with Crippen LogP contribution in [-0.2, 0) is 5.54 Å². The summed E-state index contributed by atoms with van der Waals surface area (Å²) in [4.78, 5) is 15.0. The Bertz CT molecular complexity index is 1640. The Morgan fingerprint density at radius 1 is 1.11 bits per heavy atom. The van der Waals surface area contributed by atoms with E-state index in [1.54, 1.807) is 19.3 Å². The van der Waals surface area contributed by atoms with Gasteiger partial charge in [-0.1, -0.05) is 12.1 Å². The van der Waals surface area contributed by atoms with Gasteiger partial charge in [0.05, 0.1) is 16.7 Å². The minimum absolute atomic E-state index is 0.0755. The standard InChI is InChI=1S/C27H19F2IN4OS/c1-27(31-2,15-5-4-6-16(30)11-15)23-14-33-26(34-23)19-12-17(7-8-20(19)28)35-24-21(29)13-22-18(9-10-32-22)25(24)36-3/h4-14,32H,1,3H3,(H,33,34). The molecule has 2 N–H and O–H groups in total. The average molecular weight is 612 g/mol. The van der Waals surface area contributed by atoms with E-state index in [1.807, 2.05) is 36.6 Å². The van der Waals surface area contributed by atoms with Gasteiger partial charge in [-0.2, -0.15) is 0 Å². The van der Waals surface area contributed by atoms with Crippen molar-refractivity contribution in [2.24, 2.45) is 0 Å². The molecule has 1 atom stereocenters. The summed E-state index contributed by atoms with van der Waals surface area (Å²) in [6.45, 7) is 9.66. The number of ether oxygens (including phenoxy) is 1. The predicted molar refractivity (Wildman–Crippen MR) is 146 cm³/mol. The van der Waals surface area contributed by atoms with Gasteiger partial charge in [0.15, 0.2) is 11.6 Å². The third-order valence-corrected chi connectivity index (χ3v) is 7.53. The molecule has 0 saturated carbocycles. The number of benzene rings is 3. The number of rotatable bonds is 6. The molecule has 0 aliphatic carbocycles. The summed E-state index contributed by atoms with van der Waals surface area (Å²) in [5, 5.41) is 0.839. The molecule has 3 aromatic carbocycles. The van der Waals surface area contributed by atoms with Gasteiger partial charge < -0.3 is 14.7 Å².